The third-order valence-corrected chi connectivity index (χ3v) is 2.56. The van der Waals surface area contributed by atoms with Gasteiger partial charge in [0.2, 0.25) is 0 Å². The summed E-state index contributed by atoms with van der Waals surface area (Å²) in [4.78, 5) is 0. The predicted molar refractivity (Wildman–Crippen MR) is 65.2 cm³/mol. The Morgan fingerprint density at radius 3 is 1.79 bits per heavy atom. The van der Waals surface area contributed by atoms with E-state index in [2.05, 4.69) is 4.18 Å². The molecular formula is C11H16F6OS. The van der Waals surface area contributed by atoms with Crippen molar-refractivity contribution in [3.05, 3.63) is 35.6 Å². The lowest BCUT2D eigenvalue weighted by atomic mass is 10.0. The fraction of sp³-hybridized carbons (Fsp3) is 0.455. The summed E-state index contributed by atoms with van der Waals surface area (Å²) in [6.07, 6.45) is 0. The topological polar surface area (TPSA) is 9.23 Å². The van der Waals surface area contributed by atoms with E-state index in [0.29, 0.717) is 0 Å². The predicted octanol–water partition coefficient (Wildman–Crippen LogP) is 6.19. The molecule has 8 heteroatoms. The van der Waals surface area contributed by atoms with Gasteiger partial charge in [-0.2, -0.15) is 0 Å². The van der Waals surface area contributed by atoms with Gasteiger partial charge in [0.25, 0.3) is 0 Å². The molecule has 0 bridgehead atoms. The van der Waals surface area contributed by atoms with E-state index in [1.54, 1.807) is 0 Å². The molecule has 0 saturated heterocycles. The zero-order valence-corrected chi connectivity index (χ0v) is 11.5. The number of hydrogen-bond acceptors (Lipinski definition) is 1. The Labute approximate surface area is 108 Å². The minimum atomic E-state index is -9.83. The maximum atomic E-state index is 12.5. The van der Waals surface area contributed by atoms with Crippen LogP contribution in [0.3, 0.4) is 0 Å². The van der Waals surface area contributed by atoms with Gasteiger partial charge in [-0.25, -0.2) is 8.57 Å². The van der Waals surface area contributed by atoms with Crippen LogP contribution >= 0.6 is 10.5 Å². The van der Waals surface area contributed by atoms with Gasteiger partial charge in [0.15, 0.2) is 0 Å². The van der Waals surface area contributed by atoms with Crippen LogP contribution in [0.4, 0.5) is 23.8 Å². The summed E-state index contributed by atoms with van der Waals surface area (Å²) in [7, 11) is -9.83. The normalized spacial score (nSPS) is 16.7. The lowest BCUT2D eigenvalue weighted by Crippen LogP contribution is -2.15. The molecule has 0 aliphatic heterocycles. The zero-order chi connectivity index (χ0) is 15.4. The summed E-state index contributed by atoms with van der Waals surface area (Å²) in [6, 6.07) is 4.50. The van der Waals surface area contributed by atoms with E-state index in [-0.39, 0.29) is 5.56 Å². The highest BCUT2D eigenvalue weighted by molar-refractivity contribution is 8.42. The van der Waals surface area contributed by atoms with Crippen molar-refractivity contribution in [3.8, 4) is 0 Å². The van der Waals surface area contributed by atoms with E-state index in [1.807, 2.05) is 13.8 Å². The highest BCUT2D eigenvalue weighted by Crippen LogP contribution is 2.98. The first-order valence-electron chi connectivity index (χ1n) is 5.51. The van der Waals surface area contributed by atoms with Gasteiger partial charge in [0, 0.05) is 5.92 Å². The quantitative estimate of drug-likeness (QED) is 0.603. The van der Waals surface area contributed by atoms with E-state index in [0.717, 1.165) is 12.1 Å². The molecule has 0 radical (unpaired) electrons. The van der Waals surface area contributed by atoms with Gasteiger partial charge in [-0.3, -0.25) is 0 Å². The molecule has 0 spiro atoms. The second kappa shape index (κ2) is 5.24. The van der Waals surface area contributed by atoms with Crippen molar-refractivity contribution in [1.29, 1.82) is 0 Å². The minimum absolute atomic E-state index is 0.285. The molecule has 19 heavy (non-hydrogen) atoms. The van der Waals surface area contributed by atoms with Gasteiger partial charge in [0.05, 0.1) is 6.61 Å². The van der Waals surface area contributed by atoms with Crippen LogP contribution in [0, 0.1) is 5.82 Å². The average molecular weight is 310 g/mol. The highest BCUT2D eigenvalue weighted by Gasteiger charge is 2.65. The Kier molecular flexibility index (Phi) is 4.99. The second-order valence-electron chi connectivity index (χ2n) is 3.64. The molecular weight excluding hydrogens is 294 g/mol. The molecule has 1 aromatic rings. The van der Waals surface area contributed by atoms with Crippen LogP contribution in [-0.2, 0) is 4.18 Å². The van der Waals surface area contributed by atoms with Crippen LogP contribution in [0.5, 0.6) is 0 Å². The van der Waals surface area contributed by atoms with Gasteiger partial charge < -0.3 is 0 Å². The molecule has 1 atom stereocenters. The molecule has 0 aliphatic carbocycles. The molecule has 0 heterocycles. The SMILES string of the molecule is CC.CC(COS(F)(F)(F)(F)F)c1ccc(F)cc1. The summed E-state index contributed by atoms with van der Waals surface area (Å²) >= 11 is 0. The summed E-state index contributed by atoms with van der Waals surface area (Å²) < 4.78 is 74.7. The molecule has 1 nitrogen and oxygen atoms in total. The molecule has 114 valence electrons. The van der Waals surface area contributed by atoms with Crippen molar-refractivity contribution < 1.29 is 28.0 Å². The van der Waals surface area contributed by atoms with Crippen molar-refractivity contribution in [3.63, 3.8) is 0 Å². The molecule has 1 rings (SSSR count). The van der Waals surface area contributed by atoms with Crippen molar-refractivity contribution in [2.45, 2.75) is 26.7 Å². The maximum absolute atomic E-state index is 12.5. The largest absolute Gasteiger partial charge is 0.397 e. The fourth-order valence-electron chi connectivity index (χ4n) is 1.12. The second-order valence-corrected chi connectivity index (χ2v) is 5.67. The van der Waals surface area contributed by atoms with Gasteiger partial charge >= 0.3 is 10.5 Å². The van der Waals surface area contributed by atoms with E-state index < -0.39 is 28.8 Å². The lowest BCUT2D eigenvalue weighted by Gasteiger charge is -2.39. The number of hydrogen-bond donors (Lipinski definition) is 0. The Bertz CT molecular complexity index is 398. The van der Waals surface area contributed by atoms with E-state index in [4.69, 9.17) is 0 Å². The Morgan fingerprint density at radius 2 is 1.42 bits per heavy atom. The summed E-state index contributed by atoms with van der Waals surface area (Å²) in [5, 5.41) is 0. The average Bonchev–Trinajstić information content (AvgIpc) is 2.27. The Morgan fingerprint density at radius 1 is 1.00 bits per heavy atom. The van der Waals surface area contributed by atoms with Crippen molar-refractivity contribution in [1.82, 2.24) is 0 Å². The van der Waals surface area contributed by atoms with Crippen molar-refractivity contribution in [2.75, 3.05) is 6.61 Å². The first kappa shape index (κ1) is 18.1. The van der Waals surface area contributed by atoms with Crippen LogP contribution in [0.1, 0.15) is 32.3 Å². The van der Waals surface area contributed by atoms with E-state index in [9.17, 15) is 23.8 Å². The molecule has 0 aromatic heterocycles. The third-order valence-electron chi connectivity index (χ3n) is 1.98. The van der Waals surface area contributed by atoms with Gasteiger partial charge in [-0.15, -0.1) is 0 Å². The Balaban J connectivity index is 0.00000154. The molecule has 1 unspecified atom stereocenters. The number of rotatable bonds is 4. The fourth-order valence-corrected chi connectivity index (χ4v) is 1.58. The standard InChI is InChI=1S/C9H10F6OS.C2H6/c1-7(6-16-17(11,12,13,14)15)8-2-4-9(10)5-3-8;1-2/h2-5,7H,6H2,1H3;1-2H3. The molecule has 0 saturated carbocycles. The summed E-state index contributed by atoms with van der Waals surface area (Å²) in [5.74, 6) is -1.48. The van der Waals surface area contributed by atoms with Gasteiger partial charge in [-0.05, 0) is 17.7 Å². The zero-order valence-electron chi connectivity index (χ0n) is 10.7. The van der Waals surface area contributed by atoms with E-state index in [1.165, 1.54) is 19.1 Å². The maximum Gasteiger partial charge on any atom is 0.397 e. The van der Waals surface area contributed by atoms with Crippen LogP contribution in [0.2, 0.25) is 0 Å². The summed E-state index contributed by atoms with van der Waals surface area (Å²) in [5.41, 5.74) is 0.285. The lowest BCUT2D eigenvalue weighted by molar-refractivity contribution is 0.147. The molecule has 0 amide bonds. The molecule has 0 N–H and O–H groups in total. The summed E-state index contributed by atoms with van der Waals surface area (Å²) in [6.45, 7) is 4.07. The Hall–Kier alpha value is -0.890. The van der Waals surface area contributed by atoms with Crippen molar-refractivity contribution in [2.24, 2.45) is 0 Å². The first-order valence-corrected chi connectivity index (χ1v) is 7.39. The first-order chi connectivity index (χ1) is 8.36. The van der Waals surface area contributed by atoms with Gasteiger partial charge in [0.1, 0.15) is 5.82 Å². The number of halogens is 6. The van der Waals surface area contributed by atoms with E-state index >= 15 is 0 Å². The third kappa shape index (κ3) is 8.77. The molecule has 1 aromatic carbocycles. The molecule has 0 aliphatic rings. The van der Waals surface area contributed by atoms with Gasteiger partial charge in [-0.1, -0.05) is 52.3 Å². The molecule has 0 fully saturated rings. The minimum Gasteiger partial charge on any atom is -0.239 e. The smallest absolute Gasteiger partial charge is 0.239 e. The van der Waals surface area contributed by atoms with Crippen LogP contribution < -0.4 is 0 Å². The van der Waals surface area contributed by atoms with Crippen LogP contribution in [0.15, 0.2) is 24.3 Å². The van der Waals surface area contributed by atoms with Crippen molar-refractivity contribution >= 4 is 10.5 Å². The number of benzene rings is 1. The van der Waals surface area contributed by atoms with Crippen LogP contribution in [-0.4, -0.2) is 6.61 Å². The highest BCUT2D eigenvalue weighted by atomic mass is 32.5. The van der Waals surface area contributed by atoms with Crippen LogP contribution in [0.25, 0.3) is 0 Å². The monoisotopic (exact) mass is 310 g/mol.